The van der Waals surface area contributed by atoms with Crippen molar-refractivity contribution >= 4 is 11.9 Å². The molecular formula is C12H20N8. The second-order valence-electron chi connectivity index (χ2n) is 4.90. The van der Waals surface area contributed by atoms with Crippen molar-refractivity contribution in [2.75, 3.05) is 30.4 Å². The van der Waals surface area contributed by atoms with Crippen LogP contribution in [-0.4, -0.2) is 49.9 Å². The normalized spacial score (nSPS) is 10.8. The molecule has 1 N–H and O–H groups in total. The lowest BCUT2D eigenvalue weighted by molar-refractivity contribution is 0.627. The summed E-state index contributed by atoms with van der Waals surface area (Å²) < 4.78 is 1.52. The van der Waals surface area contributed by atoms with Gasteiger partial charge in [0.15, 0.2) is 0 Å². The standard InChI is InChI=1S/C12H20N8/c1-5-14-10-16-11(19(4)6-9(2)3)18-12(17-10)20-8-13-7-15-20/h7-9H,5-6H2,1-4H3,(H,14,16,17,18). The lowest BCUT2D eigenvalue weighted by Gasteiger charge is -2.20. The maximum Gasteiger partial charge on any atom is 0.258 e. The van der Waals surface area contributed by atoms with Gasteiger partial charge in [0.05, 0.1) is 0 Å². The van der Waals surface area contributed by atoms with Gasteiger partial charge in [-0.15, -0.1) is 0 Å². The fraction of sp³-hybridized carbons (Fsp3) is 0.583. The van der Waals surface area contributed by atoms with Crippen LogP contribution in [0.3, 0.4) is 0 Å². The van der Waals surface area contributed by atoms with Gasteiger partial charge in [-0.25, -0.2) is 4.98 Å². The lowest BCUT2D eigenvalue weighted by Crippen LogP contribution is -2.26. The molecule has 0 fully saturated rings. The van der Waals surface area contributed by atoms with E-state index >= 15 is 0 Å². The molecule has 0 aromatic carbocycles. The van der Waals surface area contributed by atoms with E-state index in [0.29, 0.717) is 23.8 Å². The summed E-state index contributed by atoms with van der Waals surface area (Å²) in [5.41, 5.74) is 0. The molecule has 20 heavy (non-hydrogen) atoms. The summed E-state index contributed by atoms with van der Waals surface area (Å²) in [5, 5.41) is 7.16. The van der Waals surface area contributed by atoms with E-state index in [-0.39, 0.29) is 0 Å². The molecule has 0 saturated carbocycles. The molecule has 0 aliphatic rings. The zero-order valence-corrected chi connectivity index (χ0v) is 12.3. The fourth-order valence-electron chi connectivity index (χ4n) is 1.81. The van der Waals surface area contributed by atoms with E-state index in [9.17, 15) is 0 Å². The Hall–Kier alpha value is -2.25. The fourth-order valence-corrected chi connectivity index (χ4v) is 1.81. The van der Waals surface area contributed by atoms with Gasteiger partial charge in [0.25, 0.3) is 5.95 Å². The second-order valence-corrected chi connectivity index (χ2v) is 4.90. The third-order valence-electron chi connectivity index (χ3n) is 2.55. The predicted molar refractivity (Wildman–Crippen MR) is 77.0 cm³/mol. The summed E-state index contributed by atoms with van der Waals surface area (Å²) in [5.74, 6) is 2.14. The molecule has 0 atom stereocenters. The summed E-state index contributed by atoms with van der Waals surface area (Å²) in [6, 6.07) is 0. The van der Waals surface area contributed by atoms with Gasteiger partial charge in [0, 0.05) is 20.1 Å². The number of nitrogens with one attached hydrogen (secondary N) is 1. The monoisotopic (exact) mass is 276 g/mol. The quantitative estimate of drug-likeness (QED) is 0.841. The van der Waals surface area contributed by atoms with Crippen molar-refractivity contribution in [1.29, 1.82) is 0 Å². The Morgan fingerprint density at radius 2 is 2.10 bits per heavy atom. The van der Waals surface area contributed by atoms with Gasteiger partial charge in [-0.2, -0.15) is 24.7 Å². The second kappa shape index (κ2) is 6.27. The van der Waals surface area contributed by atoms with E-state index in [1.807, 2.05) is 18.9 Å². The highest BCUT2D eigenvalue weighted by Gasteiger charge is 2.12. The molecule has 0 aliphatic heterocycles. The number of anilines is 2. The van der Waals surface area contributed by atoms with E-state index in [2.05, 4.69) is 44.2 Å². The third-order valence-corrected chi connectivity index (χ3v) is 2.55. The van der Waals surface area contributed by atoms with Crippen molar-refractivity contribution < 1.29 is 0 Å². The maximum absolute atomic E-state index is 4.44. The first-order valence-electron chi connectivity index (χ1n) is 6.66. The van der Waals surface area contributed by atoms with Crippen molar-refractivity contribution in [2.45, 2.75) is 20.8 Å². The van der Waals surface area contributed by atoms with Gasteiger partial charge in [-0.05, 0) is 12.8 Å². The molecule has 0 radical (unpaired) electrons. The van der Waals surface area contributed by atoms with Crippen molar-refractivity contribution in [3.05, 3.63) is 12.7 Å². The minimum Gasteiger partial charge on any atom is -0.354 e. The molecule has 0 amide bonds. The highest BCUT2D eigenvalue weighted by molar-refractivity contribution is 5.39. The SMILES string of the molecule is CCNc1nc(N(C)CC(C)C)nc(-n2cncn2)n1. The van der Waals surface area contributed by atoms with Crippen LogP contribution in [0.25, 0.3) is 5.95 Å². The molecule has 2 heterocycles. The predicted octanol–water partition coefficient (Wildman–Crippen LogP) is 0.976. The average Bonchev–Trinajstić information content (AvgIpc) is 2.92. The zero-order chi connectivity index (χ0) is 14.5. The smallest absolute Gasteiger partial charge is 0.258 e. The molecule has 0 unspecified atom stereocenters. The van der Waals surface area contributed by atoms with E-state index in [1.165, 1.54) is 11.0 Å². The zero-order valence-electron chi connectivity index (χ0n) is 12.3. The van der Waals surface area contributed by atoms with Crippen LogP contribution in [0, 0.1) is 5.92 Å². The Labute approximate surface area is 118 Å². The Morgan fingerprint density at radius 1 is 1.30 bits per heavy atom. The number of aromatic nitrogens is 6. The van der Waals surface area contributed by atoms with Crippen LogP contribution >= 0.6 is 0 Å². The Bertz CT molecular complexity index is 536. The number of hydrogen-bond donors (Lipinski definition) is 1. The van der Waals surface area contributed by atoms with Gasteiger partial charge in [-0.3, -0.25) is 0 Å². The maximum atomic E-state index is 4.44. The van der Waals surface area contributed by atoms with Gasteiger partial charge in [-0.1, -0.05) is 13.8 Å². The van der Waals surface area contributed by atoms with Crippen LogP contribution in [0.1, 0.15) is 20.8 Å². The Morgan fingerprint density at radius 3 is 2.70 bits per heavy atom. The van der Waals surface area contributed by atoms with Crippen molar-refractivity contribution in [1.82, 2.24) is 29.7 Å². The Kier molecular flexibility index (Phi) is 4.44. The van der Waals surface area contributed by atoms with Gasteiger partial charge in [0.2, 0.25) is 11.9 Å². The molecule has 8 nitrogen and oxygen atoms in total. The topological polar surface area (TPSA) is 84.7 Å². The molecule has 8 heteroatoms. The lowest BCUT2D eigenvalue weighted by atomic mass is 10.2. The van der Waals surface area contributed by atoms with E-state index in [1.54, 1.807) is 6.33 Å². The van der Waals surface area contributed by atoms with Crippen LogP contribution in [0.5, 0.6) is 0 Å². The highest BCUT2D eigenvalue weighted by Crippen LogP contribution is 2.12. The van der Waals surface area contributed by atoms with Crippen LogP contribution in [0.15, 0.2) is 12.7 Å². The first-order chi connectivity index (χ1) is 9.60. The molecule has 0 spiro atoms. The minimum absolute atomic E-state index is 0.457. The van der Waals surface area contributed by atoms with Gasteiger partial charge in [0.1, 0.15) is 12.7 Å². The van der Waals surface area contributed by atoms with Crippen LogP contribution in [0.2, 0.25) is 0 Å². The first kappa shape index (κ1) is 14.2. The number of rotatable bonds is 6. The highest BCUT2D eigenvalue weighted by atomic mass is 15.4. The number of nitrogens with zero attached hydrogens (tertiary/aromatic N) is 7. The average molecular weight is 276 g/mol. The summed E-state index contributed by atoms with van der Waals surface area (Å²) in [6.07, 6.45) is 3.02. The van der Waals surface area contributed by atoms with Crippen molar-refractivity contribution in [2.24, 2.45) is 5.92 Å². The van der Waals surface area contributed by atoms with Gasteiger partial charge < -0.3 is 10.2 Å². The third kappa shape index (κ3) is 3.40. The molecule has 2 aromatic rings. The molecule has 108 valence electrons. The van der Waals surface area contributed by atoms with Crippen LogP contribution in [-0.2, 0) is 0 Å². The summed E-state index contributed by atoms with van der Waals surface area (Å²) >= 11 is 0. The first-order valence-corrected chi connectivity index (χ1v) is 6.66. The summed E-state index contributed by atoms with van der Waals surface area (Å²) in [6.45, 7) is 7.92. The molecule has 0 saturated heterocycles. The largest absolute Gasteiger partial charge is 0.354 e. The van der Waals surface area contributed by atoms with Crippen molar-refractivity contribution in [3.63, 3.8) is 0 Å². The van der Waals surface area contributed by atoms with E-state index < -0.39 is 0 Å². The van der Waals surface area contributed by atoms with Crippen LogP contribution < -0.4 is 10.2 Å². The molecule has 0 bridgehead atoms. The molecule has 0 aliphatic carbocycles. The summed E-state index contributed by atoms with van der Waals surface area (Å²) in [7, 11) is 1.97. The van der Waals surface area contributed by atoms with E-state index in [0.717, 1.165) is 13.1 Å². The Balaban J connectivity index is 2.35. The van der Waals surface area contributed by atoms with E-state index in [4.69, 9.17) is 0 Å². The summed E-state index contributed by atoms with van der Waals surface area (Å²) in [4.78, 5) is 19.1. The molecule has 2 rings (SSSR count). The van der Waals surface area contributed by atoms with Crippen LogP contribution in [0.4, 0.5) is 11.9 Å². The van der Waals surface area contributed by atoms with Crippen molar-refractivity contribution in [3.8, 4) is 5.95 Å². The van der Waals surface area contributed by atoms with Gasteiger partial charge >= 0.3 is 0 Å². The number of hydrogen-bond acceptors (Lipinski definition) is 7. The molecular weight excluding hydrogens is 256 g/mol. The minimum atomic E-state index is 0.457. The molecule has 2 aromatic heterocycles.